The summed E-state index contributed by atoms with van der Waals surface area (Å²) >= 11 is 0. The van der Waals surface area contributed by atoms with E-state index < -0.39 is 16.0 Å². The number of ether oxygens (including phenoxy) is 1. The summed E-state index contributed by atoms with van der Waals surface area (Å²) in [5.41, 5.74) is 1.57. The first-order valence-electron chi connectivity index (χ1n) is 10.6. The molecule has 4 rings (SSSR count). The number of nitrogens with zero attached hydrogens (tertiary/aromatic N) is 2. The summed E-state index contributed by atoms with van der Waals surface area (Å²) in [5.74, 6) is -0.562. The fourth-order valence-electron chi connectivity index (χ4n) is 3.94. The summed E-state index contributed by atoms with van der Waals surface area (Å²) in [6.45, 7) is 2.65. The van der Waals surface area contributed by atoms with Crippen molar-refractivity contribution in [1.82, 2.24) is 9.21 Å². The van der Waals surface area contributed by atoms with Crippen molar-refractivity contribution in [3.05, 3.63) is 65.2 Å². The van der Waals surface area contributed by atoms with Gasteiger partial charge in [-0.05, 0) is 61.6 Å². The molecule has 2 aliphatic rings. The van der Waals surface area contributed by atoms with Crippen LogP contribution in [-0.2, 0) is 21.4 Å². The average Bonchev–Trinajstić information content (AvgIpc) is 3.52. The van der Waals surface area contributed by atoms with Crippen LogP contribution in [0.25, 0.3) is 0 Å². The van der Waals surface area contributed by atoms with Crippen LogP contribution in [0.1, 0.15) is 52.0 Å². The van der Waals surface area contributed by atoms with Gasteiger partial charge in [-0.2, -0.15) is 4.31 Å². The van der Waals surface area contributed by atoms with Crippen molar-refractivity contribution in [2.24, 2.45) is 0 Å². The molecule has 0 spiro atoms. The number of esters is 1. The zero-order valence-electron chi connectivity index (χ0n) is 17.3. The first-order chi connectivity index (χ1) is 14.9. The molecule has 0 unspecified atom stereocenters. The Labute approximate surface area is 182 Å². The van der Waals surface area contributed by atoms with E-state index in [1.807, 2.05) is 4.90 Å². The molecule has 0 aromatic heterocycles. The van der Waals surface area contributed by atoms with Crippen LogP contribution in [-0.4, -0.2) is 55.7 Å². The van der Waals surface area contributed by atoms with Crippen molar-refractivity contribution in [3.63, 3.8) is 0 Å². The average molecular weight is 443 g/mol. The van der Waals surface area contributed by atoms with Gasteiger partial charge in [-0.3, -0.25) is 4.79 Å². The highest BCUT2D eigenvalue weighted by atomic mass is 32.2. The molecule has 7 nitrogen and oxygen atoms in total. The monoisotopic (exact) mass is 442 g/mol. The number of sulfonamides is 1. The Hall–Kier alpha value is -2.71. The normalized spacial score (nSPS) is 17.1. The summed E-state index contributed by atoms with van der Waals surface area (Å²) in [7, 11) is -3.59. The predicted octanol–water partition coefficient (Wildman–Crippen LogP) is 3.06. The van der Waals surface area contributed by atoms with Gasteiger partial charge in [0.1, 0.15) is 6.61 Å². The standard InChI is InChI=1S/C23H26N2O5S/c26-22(24-12-1-2-13-24)19-10-8-18(9-11-19)17-30-23(27)20-6-5-7-21(16-20)31(28,29)25-14-3-4-15-25/h5-11,16H,1-4,12-15,17H2. The lowest BCUT2D eigenvalue weighted by atomic mass is 10.1. The fraction of sp³-hybridized carbons (Fsp3) is 0.391. The van der Waals surface area contributed by atoms with Crippen LogP contribution in [0, 0.1) is 0 Å². The second kappa shape index (κ2) is 9.20. The Morgan fingerprint density at radius 3 is 2.16 bits per heavy atom. The van der Waals surface area contributed by atoms with Gasteiger partial charge in [0.15, 0.2) is 0 Å². The maximum absolute atomic E-state index is 12.7. The van der Waals surface area contributed by atoms with E-state index in [1.54, 1.807) is 36.4 Å². The lowest BCUT2D eigenvalue weighted by molar-refractivity contribution is 0.0472. The van der Waals surface area contributed by atoms with E-state index in [0.29, 0.717) is 18.7 Å². The first-order valence-corrected chi connectivity index (χ1v) is 12.0. The molecule has 8 heteroatoms. The molecular formula is C23H26N2O5S. The van der Waals surface area contributed by atoms with Crippen LogP contribution < -0.4 is 0 Å². The van der Waals surface area contributed by atoms with Crippen LogP contribution in [0.5, 0.6) is 0 Å². The molecule has 2 aromatic rings. The number of carbonyl (C=O) groups excluding carboxylic acids is 2. The third-order valence-electron chi connectivity index (χ3n) is 5.74. The van der Waals surface area contributed by atoms with E-state index >= 15 is 0 Å². The van der Waals surface area contributed by atoms with Crippen LogP contribution >= 0.6 is 0 Å². The fourth-order valence-corrected chi connectivity index (χ4v) is 5.50. The van der Waals surface area contributed by atoms with Gasteiger partial charge in [-0.25, -0.2) is 13.2 Å². The van der Waals surface area contributed by atoms with Gasteiger partial charge in [0.25, 0.3) is 5.91 Å². The molecule has 0 saturated carbocycles. The molecule has 0 aliphatic carbocycles. The van der Waals surface area contributed by atoms with Gasteiger partial charge in [-0.15, -0.1) is 0 Å². The number of amides is 1. The summed E-state index contributed by atoms with van der Waals surface area (Å²) < 4.78 is 32.2. The molecule has 0 radical (unpaired) electrons. The summed E-state index contributed by atoms with van der Waals surface area (Å²) in [6, 6.07) is 13.0. The Kier molecular flexibility index (Phi) is 6.38. The van der Waals surface area contributed by atoms with Crippen molar-refractivity contribution in [3.8, 4) is 0 Å². The Bertz CT molecular complexity index is 1050. The van der Waals surface area contributed by atoms with Crippen molar-refractivity contribution in [2.75, 3.05) is 26.2 Å². The van der Waals surface area contributed by atoms with E-state index in [-0.39, 0.29) is 23.0 Å². The smallest absolute Gasteiger partial charge is 0.338 e. The molecule has 2 heterocycles. The van der Waals surface area contributed by atoms with E-state index in [2.05, 4.69) is 0 Å². The molecule has 1 amide bonds. The second-order valence-electron chi connectivity index (χ2n) is 7.91. The SMILES string of the molecule is O=C(OCc1ccc(C(=O)N2CCCC2)cc1)c1cccc(S(=O)(=O)N2CCCC2)c1. The van der Waals surface area contributed by atoms with Gasteiger partial charge in [0.05, 0.1) is 10.5 Å². The molecule has 2 fully saturated rings. The Morgan fingerprint density at radius 1 is 0.839 bits per heavy atom. The van der Waals surface area contributed by atoms with E-state index in [0.717, 1.165) is 44.3 Å². The summed E-state index contributed by atoms with van der Waals surface area (Å²) in [5, 5.41) is 0. The van der Waals surface area contributed by atoms with Gasteiger partial charge in [0.2, 0.25) is 10.0 Å². The summed E-state index contributed by atoms with van der Waals surface area (Å²) in [6.07, 6.45) is 3.79. The van der Waals surface area contributed by atoms with Crippen molar-refractivity contribution >= 4 is 21.9 Å². The zero-order chi connectivity index (χ0) is 21.8. The van der Waals surface area contributed by atoms with E-state index in [4.69, 9.17) is 4.74 Å². The van der Waals surface area contributed by atoms with Gasteiger partial charge in [-0.1, -0.05) is 18.2 Å². The largest absolute Gasteiger partial charge is 0.457 e. The molecule has 0 N–H and O–H groups in total. The van der Waals surface area contributed by atoms with Gasteiger partial charge >= 0.3 is 5.97 Å². The molecular weight excluding hydrogens is 416 g/mol. The number of benzene rings is 2. The Balaban J connectivity index is 1.38. The van der Waals surface area contributed by atoms with E-state index in [1.165, 1.54) is 16.4 Å². The molecule has 31 heavy (non-hydrogen) atoms. The van der Waals surface area contributed by atoms with Crippen LogP contribution in [0.4, 0.5) is 0 Å². The van der Waals surface area contributed by atoms with E-state index in [9.17, 15) is 18.0 Å². The predicted molar refractivity (Wildman–Crippen MR) is 115 cm³/mol. The van der Waals surface area contributed by atoms with Crippen molar-refractivity contribution in [1.29, 1.82) is 0 Å². The lowest BCUT2D eigenvalue weighted by Gasteiger charge is -2.16. The van der Waals surface area contributed by atoms with Crippen LogP contribution in [0.2, 0.25) is 0 Å². The minimum atomic E-state index is -3.59. The second-order valence-corrected chi connectivity index (χ2v) is 9.85. The van der Waals surface area contributed by atoms with Crippen LogP contribution in [0.3, 0.4) is 0 Å². The highest BCUT2D eigenvalue weighted by Crippen LogP contribution is 2.22. The van der Waals surface area contributed by atoms with Gasteiger partial charge < -0.3 is 9.64 Å². The minimum absolute atomic E-state index is 0.0251. The highest BCUT2D eigenvalue weighted by Gasteiger charge is 2.27. The van der Waals surface area contributed by atoms with Gasteiger partial charge in [0, 0.05) is 31.7 Å². The molecule has 2 aromatic carbocycles. The maximum atomic E-state index is 12.7. The number of likely N-dealkylation sites (tertiary alicyclic amines) is 1. The van der Waals surface area contributed by atoms with Crippen LogP contribution in [0.15, 0.2) is 53.4 Å². The van der Waals surface area contributed by atoms with Crippen molar-refractivity contribution in [2.45, 2.75) is 37.2 Å². The number of hydrogen-bond acceptors (Lipinski definition) is 5. The highest BCUT2D eigenvalue weighted by molar-refractivity contribution is 7.89. The molecule has 2 saturated heterocycles. The number of carbonyl (C=O) groups is 2. The number of hydrogen-bond donors (Lipinski definition) is 0. The lowest BCUT2D eigenvalue weighted by Crippen LogP contribution is -2.28. The maximum Gasteiger partial charge on any atom is 0.338 e. The zero-order valence-corrected chi connectivity index (χ0v) is 18.1. The topological polar surface area (TPSA) is 84.0 Å². The number of rotatable bonds is 6. The molecule has 0 atom stereocenters. The third-order valence-corrected chi connectivity index (χ3v) is 7.63. The molecule has 2 aliphatic heterocycles. The summed E-state index contributed by atoms with van der Waals surface area (Å²) in [4.78, 5) is 26.8. The molecule has 0 bridgehead atoms. The van der Waals surface area contributed by atoms with Crippen molar-refractivity contribution < 1.29 is 22.7 Å². The first kappa shape index (κ1) is 21.5. The molecule has 164 valence electrons. The third kappa shape index (κ3) is 4.80. The quantitative estimate of drug-likeness (QED) is 0.642. The minimum Gasteiger partial charge on any atom is -0.457 e. The Morgan fingerprint density at radius 2 is 1.48 bits per heavy atom.